The zero-order valence-electron chi connectivity index (χ0n) is 24.5. The average molecular weight is 553 g/mol. The zero-order chi connectivity index (χ0) is 29.2. The van der Waals surface area contributed by atoms with Crippen LogP contribution in [0.1, 0.15) is 79.3 Å². The van der Waals surface area contributed by atoms with Crippen molar-refractivity contribution in [1.29, 1.82) is 0 Å². The van der Waals surface area contributed by atoms with Gasteiger partial charge in [-0.1, -0.05) is 52.3 Å². The van der Waals surface area contributed by atoms with Crippen molar-refractivity contribution in [2.75, 3.05) is 0 Å². The molecule has 1 aromatic carbocycles. The first kappa shape index (κ1) is 30.2. The fourth-order valence-corrected chi connectivity index (χ4v) is 5.76. The number of cyclic esters (lactones) is 1. The third kappa shape index (κ3) is 6.73. The fourth-order valence-electron chi connectivity index (χ4n) is 5.76. The van der Waals surface area contributed by atoms with E-state index in [1.54, 1.807) is 25.5 Å². The summed E-state index contributed by atoms with van der Waals surface area (Å²) < 4.78 is 13.8. The van der Waals surface area contributed by atoms with E-state index in [-0.39, 0.29) is 29.8 Å². The van der Waals surface area contributed by atoms with Crippen LogP contribution in [-0.4, -0.2) is 61.8 Å². The Hall–Kier alpha value is -2.81. The highest BCUT2D eigenvalue weighted by atomic mass is 16.6. The van der Waals surface area contributed by atoms with E-state index in [1.807, 2.05) is 62.5 Å². The molecule has 7 atom stereocenters. The lowest BCUT2D eigenvalue weighted by Crippen LogP contribution is -2.45. The number of fused-ring (bicyclic) bond motifs is 1. The van der Waals surface area contributed by atoms with Crippen molar-refractivity contribution in [1.82, 2.24) is 9.78 Å². The highest BCUT2D eigenvalue weighted by Crippen LogP contribution is 2.45. The van der Waals surface area contributed by atoms with Gasteiger partial charge in [0.2, 0.25) is 0 Å². The molecule has 4 rings (SSSR count). The summed E-state index contributed by atoms with van der Waals surface area (Å²) in [6, 6.07) is 11.7. The largest absolute Gasteiger partial charge is 0.458 e. The lowest BCUT2D eigenvalue weighted by atomic mass is 9.73. The standard InChI is InChI=1S/C32H44N2O6/c1-20-11-10-15-32(6)27(40-32)18-25(21(2)17-23-14-16-34(33-23)24-12-8-7-9-13-24)39-28(36)19-26(35)31(4,5)30(38)22(3)29(20)37/h7-9,12-14,16-17,20,22,25-27,29,35,37H,10-11,15,18-19H2,1-6H3/b21-17+/t20-,22+,25-,26-,27-,29-,32+/m0/s1. The first-order valence-electron chi connectivity index (χ1n) is 14.4. The van der Waals surface area contributed by atoms with Crippen molar-refractivity contribution < 1.29 is 29.3 Å². The third-order valence-corrected chi connectivity index (χ3v) is 8.92. The van der Waals surface area contributed by atoms with Gasteiger partial charge in [0.25, 0.3) is 0 Å². The number of nitrogens with zero attached hydrogens (tertiary/aromatic N) is 2. The van der Waals surface area contributed by atoms with E-state index in [2.05, 4.69) is 12.0 Å². The van der Waals surface area contributed by atoms with Gasteiger partial charge in [0.05, 0.1) is 47.1 Å². The molecule has 0 aliphatic carbocycles. The van der Waals surface area contributed by atoms with E-state index in [0.717, 1.165) is 36.2 Å². The fraction of sp³-hybridized carbons (Fsp3) is 0.594. The van der Waals surface area contributed by atoms with Crippen molar-refractivity contribution in [3.05, 3.63) is 53.9 Å². The molecule has 2 fully saturated rings. The summed E-state index contributed by atoms with van der Waals surface area (Å²) in [7, 11) is 0. The van der Waals surface area contributed by atoms with Crippen molar-refractivity contribution >= 4 is 17.8 Å². The maximum atomic E-state index is 13.3. The lowest BCUT2D eigenvalue weighted by Gasteiger charge is -2.34. The number of carbonyl (C=O) groups excluding carboxylic acids is 2. The van der Waals surface area contributed by atoms with E-state index in [1.165, 1.54) is 0 Å². The molecule has 0 saturated carbocycles. The van der Waals surface area contributed by atoms with Crippen LogP contribution >= 0.6 is 0 Å². The second-order valence-electron chi connectivity index (χ2n) is 12.5. The summed E-state index contributed by atoms with van der Waals surface area (Å²) in [4.78, 5) is 26.4. The highest BCUT2D eigenvalue weighted by Gasteiger charge is 2.53. The van der Waals surface area contributed by atoms with Crippen LogP contribution in [0.25, 0.3) is 11.8 Å². The number of Topliss-reactive ketones (excluding diaryl/α,β-unsaturated/α-hetero) is 1. The van der Waals surface area contributed by atoms with Gasteiger partial charge in [0.15, 0.2) is 0 Å². The number of epoxide rings is 1. The van der Waals surface area contributed by atoms with Crippen LogP contribution in [0.3, 0.4) is 0 Å². The Kier molecular flexibility index (Phi) is 9.02. The molecule has 8 heteroatoms. The molecule has 40 heavy (non-hydrogen) atoms. The maximum absolute atomic E-state index is 13.3. The number of benzene rings is 1. The Morgan fingerprint density at radius 1 is 1.10 bits per heavy atom. The van der Waals surface area contributed by atoms with Gasteiger partial charge in [-0.3, -0.25) is 9.59 Å². The molecular weight excluding hydrogens is 508 g/mol. The number of hydrogen-bond donors (Lipinski definition) is 2. The number of aliphatic hydroxyl groups is 2. The Morgan fingerprint density at radius 2 is 1.80 bits per heavy atom. The van der Waals surface area contributed by atoms with Gasteiger partial charge in [0, 0.05) is 18.5 Å². The summed E-state index contributed by atoms with van der Waals surface area (Å²) in [5.74, 6) is -1.60. The molecular formula is C32H44N2O6. The molecule has 0 radical (unpaired) electrons. The van der Waals surface area contributed by atoms with Crippen LogP contribution < -0.4 is 0 Å². The predicted octanol–water partition coefficient (Wildman–Crippen LogP) is 4.90. The van der Waals surface area contributed by atoms with E-state index in [4.69, 9.17) is 9.47 Å². The van der Waals surface area contributed by atoms with Gasteiger partial charge >= 0.3 is 5.97 Å². The maximum Gasteiger partial charge on any atom is 0.309 e. The normalized spacial score (nSPS) is 34.1. The highest BCUT2D eigenvalue weighted by molar-refractivity contribution is 5.88. The summed E-state index contributed by atoms with van der Waals surface area (Å²) in [6.45, 7) is 10.9. The molecule has 0 amide bonds. The Bertz CT molecular complexity index is 1220. The lowest BCUT2D eigenvalue weighted by molar-refractivity contribution is -0.154. The molecule has 0 bridgehead atoms. The average Bonchev–Trinajstić information content (AvgIpc) is 3.31. The number of aromatic nitrogens is 2. The van der Waals surface area contributed by atoms with Gasteiger partial charge in [0.1, 0.15) is 11.9 Å². The monoisotopic (exact) mass is 552 g/mol. The van der Waals surface area contributed by atoms with E-state index in [9.17, 15) is 19.8 Å². The first-order chi connectivity index (χ1) is 18.8. The first-order valence-corrected chi connectivity index (χ1v) is 14.4. The molecule has 8 nitrogen and oxygen atoms in total. The number of hydrogen-bond acceptors (Lipinski definition) is 7. The van der Waals surface area contributed by atoms with Gasteiger partial charge < -0.3 is 19.7 Å². The molecule has 0 spiro atoms. The number of ether oxygens (including phenoxy) is 2. The summed E-state index contributed by atoms with van der Waals surface area (Å²) >= 11 is 0. The molecule has 2 aliphatic heterocycles. The molecule has 2 saturated heterocycles. The Balaban J connectivity index is 1.57. The van der Waals surface area contributed by atoms with Gasteiger partial charge in [-0.15, -0.1) is 0 Å². The van der Waals surface area contributed by atoms with E-state index in [0.29, 0.717) is 6.42 Å². The quantitative estimate of drug-likeness (QED) is 0.411. The van der Waals surface area contributed by atoms with Crippen LogP contribution in [0.4, 0.5) is 0 Å². The van der Waals surface area contributed by atoms with Gasteiger partial charge in [-0.05, 0) is 62.5 Å². The van der Waals surface area contributed by atoms with Crippen molar-refractivity contribution in [3.8, 4) is 5.69 Å². The molecule has 2 aromatic rings. The number of carbonyl (C=O) groups is 2. The van der Waals surface area contributed by atoms with Crippen molar-refractivity contribution in [3.63, 3.8) is 0 Å². The van der Waals surface area contributed by atoms with Crippen molar-refractivity contribution in [2.24, 2.45) is 17.3 Å². The minimum atomic E-state index is -1.25. The van der Waals surface area contributed by atoms with Crippen LogP contribution in [0, 0.1) is 17.3 Å². The van der Waals surface area contributed by atoms with Crippen LogP contribution in [0.15, 0.2) is 48.2 Å². The molecule has 2 aliphatic rings. The Labute approximate surface area is 237 Å². The molecule has 2 N–H and O–H groups in total. The van der Waals surface area contributed by atoms with Crippen LogP contribution in [-0.2, 0) is 19.1 Å². The number of para-hydroxylation sites is 1. The molecule has 218 valence electrons. The number of ketones is 1. The summed E-state index contributed by atoms with van der Waals surface area (Å²) in [5, 5.41) is 26.5. The van der Waals surface area contributed by atoms with Gasteiger partial charge in [-0.25, -0.2) is 4.68 Å². The van der Waals surface area contributed by atoms with Gasteiger partial charge in [-0.2, -0.15) is 5.10 Å². The molecule has 1 aromatic heterocycles. The van der Waals surface area contributed by atoms with E-state index < -0.39 is 35.6 Å². The zero-order valence-corrected chi connectivity index (χ0v) is 24.5. The SMILES string of the molecule is C/C(=C\c1ccn(-c2ccccc2)n1)[C@@H]1C[C@@H]2O[C@]2(C)CCC[C@H](C)[C@H](O)[C@@H](C)C(=O)C(C)(C)[C@@H](O)CC(=O)O1. The van der Waals surface area contributed by atoms with E-state index >= 15 is 0 Å². The minimum Gasteiger partial charge on any atom is -0.458 e. The number of rotatable bonds is 3. The molecule has 3 heterocycles. The number of aliphatic hydroxyl groups excluding tert-OH is 2. The summed E-state index contributed by atoms with van der Waals surface area (Å²) in [5.41, 5.74) is 0.947. The smallest absolute Gasteiger partial charge is 0.309 e. The van der Waals surface area contributed by atoms with Crippen LogP contribution in [0.2, 0.25) is 0 Å². The van der Waals surface area contributed by atoms with Crippen molar-refractivity contribution in [2.45, 2.75) is 104 Å². The number of esters is 1. The second kappa shape index (κ2) is 12.0. The van der Waals surface area contributed by atoms with Crippen LogP contribution in [0.5, 0.6) is 0 Å². The predicted molar refractivity (Wildman–Crippen MR) is 153 cm³/mol. The topological polar surface area (TPSA) is 114 Å². The Morgan fingerprint density at radius 3 is 2.50 bits per heavy atom. The third-order valence-electron chi connectivity index (χ3n) is 8.92. The molecule has 0 unspecified atom stereocenters. The second-order valence-corrected chi connectivity index (χ2v) is 12.5. The summed E-state index contributed by atoms with van der Waals surface area (Å²) in [6.07, 6.45) is 3.63. The minimum absolute atomic E-state index is 0.0782.